The van der Waals surface area contributed by atoms with Crippen LogP contribution in [0.2, 0.25) is 5.02 Å². The number of amides is 2. The first-order chi connectivity index (χ1) is 10.6. The minimum absolute atomic E-state index is 0.141. The van der Waals surface area contributed by atoms with E-state index < -0.39 is 0 Å². The van der Waals surface area contributed by atoms with Crippen molar-refractivity contribution in [2.75, 3.05) is 23.7 Å². The lowest BCUT2D eigenvalue weighted by Crippen LogP contribution is -2.53. The van der Waals surface area contributed by atoms with E-state index in [9.17, 15) is 9.59 Å². The number of carbonyl (C=O) groups excluding carboxylic acids is 2. The normalized spacial score (nSPS) is 20.7. The Hall–Kier alpha value is -1.20. The summed E-state index contributed by atoms with van der Waals surface area (Å²) in [4.78, 5) is 27.9. The van der Waals surface area contributed by atoms with Crippen molar-refractivity contribution in [1.29, 1.82) is 0 Å². The van der Waals surface area contributed by atoms with Gasteiger partial charge in [0.25, 0.3) is 0 Å². The smallest absolute Gasteiger partial charge is 0.238 e. The highest BCUT2D eigenvalue weighted by Crippen LogP contribution is 2.46. The van der Waals surface area contributed by atoms with E-state index in [0.29, 0.717) is 17.2 Å². The van der Waals surface area contributed by atoms with Gasteiger partial charge in [0.15, 0.2) is 0 Å². The molecule has 0 aromatic heterocycles. The van der Waals surface area contributed by atoms with E-state index in [2.05, 4.69) is 0 Å². The highest BCUT2D eigenvalue weighted by molar-refractivity contribution is 8.02. The van der Waals surface area contributed by atoms with Crippen molar-refractivity contribution >= 4 is 40.9 Å². The standard InChI is InChI=1S/C16H19ClN2O2S/c1-2-14(20)18-9-7-16(8-10-18)19(15(21)11-22-16)13-5-3-12(17)4-6-13/h3-6H,2,7-11H2,1H3. The second-order valence-electron chi connectivity index (χ2n) is 5.67. The van der Waals surface area contributed by atoms with Crippen molar-refractivity contribution in [2.45, 2.75) is 31.1 Å². The summed E-state index contributed by atoms with van der Waals surface area (Å²) >= 11 is 7.66. The van der Waals surface area contributed by atoms with Crippen molar-refractivity contribution in [2.24, 2.45) is 0 Å². The molecule has 1 aromatic carbocycles. The van der Waals surface area contributed by atoms with Crippen LogP contribution in [0.5, 0.6) is 0 Å². The Morgan fingerprint density at radius 1 is 1.27 bits per heavy atom. The topological polar surface area (TPSA) is 40.6 Å². The van der Waals surface area contributed by atoms with E-state index >= 15 is 0 Å². The monoisotopic (exact) mass is 338 g/mol. The Kier molecular flexibility index (Phi) is 4.37. The number of nitrogens with zero attached hydrogens (tertiary/aromatic N) is 2. The van der Waals surface area contributed by atoms with E-state index in [1.807, 2.05) is 41.0 Å². The molecule has 4 nitrogen and oxygen atoms in total. The molecule has 2 heterocycles. The maximum absolute atomic E-state index is 12.4. The third kappa shape index (κ3) is 2.72. The molecule has 0 unspecified atom stereocenters. The van der Waals surface area contributed by atoms with E-state index in [0.717, 1.165) is 31.6 Å². The van der Waals surface area contributed by atoms with Crippen molar-refractivity contribution in [3.05, 3.63) is 29.3 Å². The first-order valence-corrected chi connectivity index (χ1v) is 8.92. The van der Waals surface area contributed by atoms with Crippen LogP contribution in [0.3, 0.4) is 0 Å². The lowest BCUT2D eigenvalue weighted by Gasteiger charge is -2.44. The third-order valence-corrected chi connectivity index (χ3v) is 6.18. The Labute approximate surface area is 139 Å². The minimum atomic E-state index is -0.213. The highest BCUT2D eigenvalue weighted by Gasteiger charge is 2.48. The highest BCUT2D eigenvalue weighted by atomic mass is 35.5. The van der Waals surface area contributed by atoms with E-state index in [1.54, 1.807) is 11.8 Å². The first kappa shape index (κ1) is 15.7. The summed E-state index contributed by atoms with van der Waals surface area (Å²) in [6.07, 6.45) is 2.18. The number of hydrogen-bond acceptors (Lipinski definition) is 3. The van der Waals surface area contributed by atoms with Gasteiger partial charge in [-0.25, -0.2) is 0 Å². The molecule has 0 aliphatic carbocycles. The van der Waals surface area contributed by atoms with Gasteiger partial charge < -0.3 is 4.90 Å². The molecule has 2 amide bonds. The van der Waals surface area contributed by atoms with E-state index in [4.69, 9.17) is 11.6 Å². The summed E-state index contributed by atoms with van der Waals surface area (Å²) in [5, 5.41) is 0.667. The van der Waals surface area contributed by atoms with Crippen LogP contribution in [0.1, 0.15) is 26.2 Å². The van der Waals surface area contributed by atoms with Crippen molar-refractivity contribution in [1.82, 2.24) is 4.90 Å². The van der Waals surface area contributed by atoms with Gasteiger partial charge in [0, 0.05) is 30.2 Å². The van der Waals surface area contributed by atoms with Crippen molar-refractivity contribution in [3.8, 4) is 0 Å². The molecule has 2 fully saturated rings. The van der Waals surface area contributed by atoms with Crippen molar-refractivity contribution in [3.63, 3.8) is 0 Å². The molecule has 2 aliphatic heterocycles. The van der Waals surface area contributed by atoms with Crippen LogP contribution in [0, 0.1) is 0 Å². The molecule has 1 aromatic rings. The second-order valence-corrected chi connectivity index (χ2v) is 7.45. The van der Waals surface area contributed by atoms with Gasteiger partial charge in [0.1, 0.15) is 0 Å². The second kappa shape index (κ2) is 6.13. The van der Waals surface area contributed by atoms with Gasteiger partial charge in [-0.1, -0.05) is 18.5 Å². The molecule has 118 valence electrons. The molecule has 0 bridgehead atoms. The third-order valence-electron chi connectivity index (χ3n) is 4.41. The summed E-state index contributed by atoms with van der Waals surface area (Å²) in [5.41, 5.74) is 0.898. The fraction of sp³-hybridized carbons (Fsp3) is 0.500. The quantitative estimate of drug-likeness (QED) is 0.831. The van der Waals surface area contributed by atoms with Gasteiger partial charge in [-0.05, 0) is 37.1 Å². The average Bonchev–Trinajstić information content (AvgIpc) is 2.85. The zero-order chi connectivity index (χ0) is 15.7. The lowest BCUT2D eigenvalue weighted by molar-refractivity contribution is -0.132. The number of hydrogen-bond donors (Lipinski definition) is 0. The van der Waals surface area contributed by atoms with Crippen LogP contribution in [0.25, 0.3) is 0 Å². The molecule has 1 spiro atoms. The average molecular weight is 339 g/mol. The number of piperidine rings is 1. The van der Waals surface area contributed by atoms with Gasteiger partial charge in [-0.3, -0.25) is 14.5 Å². The molecule has 6 heteroatoms. The predicted molar refractivity (Wildman–Crippen MR) is 90.2 cm³/mol. The van der Waals surface area contributed by atoms with Gasteiger partial charge in [-0.15, -0.1) is 11.8 Å². The molecule has 0 radical (unpaired) electrons. The van der Waals surface area contributed by atoms with Gasteiger partial charge in [0.05, 0.1) is 10.6 Å². The molecule has 3 rings (SSSR count). The summed E-state index contributed by atoms with van der Waals surface area (Å²) < 4.78 is 0. The zero-order valence-electron chi connectivity index (χ0n) is 12.5. The number of carbonyl (C=O) groups is 2. The Morgan fingerprint density at radius 2 is 1.91 bits per heavy atom. The SMILES string of the molecule is CCC(=O)N1CCC2(CC1)SCC(=O)N2c1ccc(Cl)cc1. The first-order valence-electron chi connectivity index (χ1n) is 7.56. The molecule has 22 heavy (non-hydrogen) atoms. The van der Waals surface area contributed by atoms with Crippen LogP contribution in [0.4, 0.5) is 5.69 Å². The summed E-state index contributed by atoms with van der Waals surface area (Å²) in [6.45, 7) is 3.33. The maximum Gasteiger partial charge on any atom is 0.238 e. The Bertz CT molecular complexity index is 582. The van der Waals surface area contributed by atoms with Gasteiger partial charge >= 0.3 is 0 Å². The predicted octanol–water partition coefficient (Wildman–Crippen LogP) is 3.15. The van der Waals surface area contributed by atoms with Gasteiger partial charge in [0.2, 0.25) is 11.8 Å². The number of halogens is 1. The minimum Gasteiger partial charge on any atom is -0.342 e. The maximum atomic E-state index is 12.4. The van der Waals surface area contributed by atoms with Crippen LogP contribution in [-0.2, 0) is 9.59 Å². The van der Waals surface area contributed by atoms with E-state index in [1.165, 1.54) is 0 Å². The van der Waals surface area contributed by atoms with Crippen LogP contribution >= 0.6 is 23.4 Å². The molecule has 0 atom stereocenters. The molecule has 2 saturated heterocycles. The molecule has 2 aliphatic rings. The fourth-order valence-corrected chi connectivity index (χ4v) is 4.67. The lowest BCUT2D eigenvalue weighted by atomic mass is 10.0. The van der Waals surface area contributed by atoms with Crippen LogP contribution in [-0.4, -0.2) is 40.4 Å². The molecule has 0 saturated carbocycles. The van der Waals surface area contributed by atoms with Crippen molar-refractivity contribution < 1.29 is 9.59 Å². The fourth-order valence-electron chi connectivity index (χ4n) is 3.22. The summed E-state index contributed by atoms with van der Waals surface area (Å²) in [5.74, 6) is 0.842. The number of thioether (sulfide) groups is 1. The molecular formula is C16H19ClN2O2S. The molecular weight excluding hydrogens is 320 g/mol. The number of rotatable bonds is 2. The summed E-state index contributed by atoms with van der Waals surface area (Å²) in [6, 6.07) is 7.43. The van der Waals surface area contributed by atoms with Gasteiger partial charge in [-0.2, -0.15) is 0 Å². The Morgan fingerprint density at radius 3 is 2.50 bits per heavy atom. The molecule has 0 N–H and O–H groups in total. The number of benzene rings is 1. The number of anilines is 1. The van der Waals surface area contributed by atoms with Crippen LogP contribution < -0.4 is 4.90 Å². The zero-order valence-corrected chi connectivity index (χ0v) is 14.1. The van der Waals surface area contributed by atoms with E-state index in [-0.39, 0.29) is 16.7 Å². The summed E-state index contributed by atoms with van der Waals surface area (Å²) in [7, 11) is 0. The largest absolute Gasteiger partial charge is 0.342 e. The number of likely N-dealkylation sites (tertiary alicyclic amines) is 1. The Balaban J connectivity index is 1.82. The van der Waals surface area contributed by atoms with Crippen LogP contribution in [0.15, 0.2) is 24.3 Å².